The van der Waals surface area contributed by atoms with Crippen molar-refractivity contribution in [3.05, 3.63) is 102 Å². The molecule has 6 heteroatoms. The molecule has 0 amide bonds. The number of hydrogen-bond donors (Lipinski definition) is 1. The van der Waals surface area contributed by atoms with Crippen molar-refractivity contribution in [2.45, 2.75) is 53.4 Å². The Hall–Kier alpha value is -3.99. The first-order valence-electron chi connectivity index (χ1n) is 13.9. The second-order valence-corrected chi connectivity index (χ2v) is 11.0. The Labute approximate surface area is 259 Å². The van der Waals surface area contributed by atoms with Gasteiger partial charge in [-0.25, -0.2) is 0 Å². The van der Waals surface area contributed by atoms with Crippen LogP contribution in [0.5, 0.6) is 0 Å². The Morgan fingerprint density at radius 1 is 0.881 bits per heavy atom. The standard InChI is InChI=1S/C31H26NO2.C5H8O2.Ir/c1-18(2)20-12-21(19(3)4)14-22(13-20)29-15-23-17-32-27(16-30(23)33-29)26-10-7-9-25-24-8-5-6-11-28(24)34-31(25)26;1-4(6)3-5(2)7;/h5-9,11-19H,1-4H3;3,6H,1-2H3;/q-1;;/b;4-3-;. The summed E-state index contributed by atoms with van der Waals surface area (Å²) in [5.74, 6) is 1.71. The average molecular weight is 737 g/mol. The van der Waals surface area contributed by atoms with Gasteiger partial charge >= 0.3 is 0 Å². The van der Waals surface area contributed by atoms with Crippen molar-refractivity contribution in [3.8, 4) is 22.6 Å². The summed E-state index contributed by atoms with van der Waals surface area (Å²) >= 11 is 0. The molecule has 217 valence electrons. The van der Waals surface area contributed by atoms with Crippen LogP contribution in [-0.4, -0.2) is 15.9 Å². The molecular formula is C36H34IrNO4-. The SMILES string of the molecule is CC(=O)/C=C(/C)O.CC(C)c1cc(-c2cc3cnc(-c4[c-]ccc5c4oc4ccccc45)cc3o2)cc(C(C)C)c1.[Ir]. The third-order valence-corrected chi connectivity index (χ3v) is 7.00. The number of rotatable bonds is 5. The van der Waals surface area contributed by atoms with E-state index in [4.69, 9.17) is 18.9 Å². The van der Waals surface area contributed by atoms with Gasteiger partial charge in [-0.1, -0.05) is 62.9 Å². The van der Waals surface area contributed by atoms with Crippen molar-refractivity contribution in [1.82, 2.24) is 4.98 Å². The number of benzene rings is 3. The van der Waals surface area contributed by atoms with Crippen LogP contribution in [0.15, 0.2) is 93.6 Å². The van der Waals surface area contributed by atoms with E-state index in [2.05, 4.69) is 64.1 Å². The fraction of sp³-hybridized carbons (Fsp3) is 0.222. The first-order valence-corrected chi connectivity index (χ1v) is 13.9. The number of fused-ring (bicyclic) bond motifs is 4. The van der Waals surface area contributed by atoms with Gasteiger partial charge in [0.1, 0.15) is 16.9 Å². The van der Waals surface area contributed by atoms with E-state index in [0.29, 0.717) is 11.8 Å². The van der Waals surface area contributed by atoms with Crippen molar-refractivity contribution >= 4 is 38.7 Å². The molecule has 5 nitrogen and oxygen atoms in total. The van der Waals surface area contributed by atoms with E-state index in [1.54, 1.807) is 0 Å². The summed E-state index contributed by atoms with van der Waals surface area (Å²) in [5, 5.41) is 11.5. The minimum Gasteiger partial charge on any atom is -0.512 e. The summed E-state index contributed by atoms with van der Waals surface area (Å²) in [4.78, 5) is 14.8. The number of carbonyl (C=O) groups excluding carboxylic acids is 1. The maximum atomic E-state index is 10.0. The van der Waals surface area contributed by atoms with Crippen molar-refractivity contribution in [1.29, 1.82) is 0 Å². The minimum atomic E-state index is -0.125. The van der Waals surface area contributed by atoms with E-state index in [1.165, 1.54) is 31.1 Å². The molecule has 3 aromatic heterocycles. The van der Waals surface area contributed by atoms with Crippen LogP contribution in [0.1, 0.15) is 64.5 Å². The van der Waals surface area contributed by atoms with Crippen LogP contribution in [0.3, 0.4) is 0 Å². The smallest absolute Gasteiger partial charge is 0.155 e. The second-order valence-electron chi connectivity index (χ2n) is 11.0. The van der Waals surface area contributed by atoms with E-state index in [9.17, 15) is 4.79 Å². The fourth-order valence-electron chi connectivity index (χ4n) is 4.87. The summed E-state index contributed by atoms with van der Waals surface area (Å²) in [6.45, 7) is 11.8. The normalized spacial score (nSPS) is 11.7. The first-order chi connectivity index (χ1) is 19.6. The molecule has 3 aromatic carbocycles. The minimum absolute atomic E-state index is 0. The van der Waals surface area contributed by atoms with Crippen molar-refractivity contribution in [3.63, 3.8) is 0 Å². The Balaban J connectivity index is 0.000000454. The zero-order chi connectivity index (χ0) is 29.3. The molecule has 0 saturated carbocycles. The van der Waals surface area contributed by atoms with Gasteiger partial charge in [-0.15, -0.1) is 18.2 Å². The third-order valence-electron chi connectivity index (χ3n) is 7.00. The van der Waals surface area contributed by atoms with Crippen molar-refractivity contribution in [2.75, 3.05) is 0 Å². The maximum absolute atomic E-state index is 10.0. The molecule has 0 spiro atoms. The van der Waals surface area contributed by atoms with Crippen LogP contribution in [0, 0.1) is 6.07 Å². The van der Waals surface area contributed by atoms with Crippen molar-refractivity contribution < 1.29 is 38.8 Å². The van der Waals surface area contributed by atoms with Gasteiger partial charge in [0.15, 0.2) is 5.78 Å². The monoisotopic (exact) mass is 737 g/mol. The number of nitrogens with zero attached hydrogens (tertiary/aromatic N) is 1. The Bertz CT molecular complexity index is 1880. The second kappa shape index (κ2) is 12.9. The Morgan fingerprint density at radius 2 is 1.57 bits per heavy atom. The predicted octanol–water partition coefficient (Wildman–Crippen LogP) is 10.1. The first kappa shape index (κ1) is 31.0. The van der Waals surface area contributed by atoms with Gasteiger partial charge in [-0.05, 0) is 72.8 Å². The summed E-state index contributed by atoms with van der Waals surface area (Å²) < 4.78 is 12.6. The van der Waals surface area contributed by atoms with Gasteiger partial charge < -0.3 is 18.9 Å². The maximum Gasteiger partial charge on any atom is 0.155 e. The molecule has 1 N–H and O–H groups in total. The zero-order valence-electron chi connectivity index (χ0n) is 24.6. The molecule has 0 unspecified atom stereocenters. The number of para-hydroxylation sites is 1. The average Bonchev–Trinajstić information content (AvgIpc) is 3.53. The van der Waals surface area contributed by atoms with Gasteiger partial charge in [-0.3, -0.25) is 4.79 Å². The van der Waals surface area contributed by atoms with E-state index in [-0.39, 0.29) is 31.6 Å². The van der Waals surface area contributed by atoms with Gasteiger partial charge in [-0.2, -0.15) is 0 Å². The van der Waals surface area contributed by atoms with E-state index in [1.807, 2.05) is 42.6 Å². The fourth-order valence-corrected chi connectivity index (χ4v) is 4.87. The predicted molar refractivity (Wildman–Crippen MR) is 166 cm³/mol. The van der Waals surface area contributed by atoms with E-state index in [0.717, 1.165) is 55.5 Å². The molecule has 0 fully saturated rings. The van der Waals surface area contributed by atoms with E-state index < -0.39 is 0 Å². The van der Waals surface area contributed by atoms with Crippen molar-refractivity contribution in [2.24, 2.45) is 0 Å². The van der Waals surface area contributed by atoms with Gasteiger partial charge in [0.2, 0.25) is 0 Å². The molecule has 3 heterocycles. The van der Waals surface area contributed by atoms with Crippen LogP contribution < -0.4 is 0 Å². The van der Waals surface area contributed by atoms with Crippen LogP contribution in [0.4, 0.5) is 0 Å². The molecular weight excluding hydrogens is 703 g/mol. The van der Waals surface area contributed by atoms with Crippen LogP contribution in [0.2, 0.25) is 0 Å². The summed E-state index contributed by atoms with van der Waals surface area (Å²) in [6, 6.07) is 26.3. The van der Waals surface area contributed by atoms with Crippen LogP contribution >= 0.6 is 0 Å². The number of allylic oxidation sites excluding steroid dienone is 2. The summed E-state index contributed by atoms with van der Waals surface area (Å²) in [6.07, 6.45) is 3.04. The number of aliphatic hydroxyl groups excluding tert-OH is 1. The summed E-state index contributed by atoms with van der Waals surface area (Å²) in [7, 11) is 0. The quantitative estimate of drug-likeness (QED) is 0.108. The van der Waals surface area contributed by atoms with Gasteiger partial charge in [0.25, 0.3) is 0 Å². The third kappa shape index (κ3) is 6.56. The van der Waals surface area contributed by atoms with E-state index >= 15 is 0 Å². The Morgan fingerprint density at radius 3 is 2.19 bits per heavy atom. The number of aliphatic hydroxyl groups is 1. The zero-order valence-corrected chi connectivity index (χ0v) is 27.0. The van der Waals surface area contributed by atoms with Gasteiger partial charge in [0.05, 0.1) is 11.3 Å². The molecule has 6 rings (SSSR count). The Kier molecular flexibility index (Phi) is 9.50. The largest absolute Gasteiger partial charge is 0.512 e. The molecule has 0 aliphatic heterocycles. The van der Waals surface area contributed by atoms with Crippen LogP contribution in [-0.2, 0) is 24.9 Å². The molecule has 0 aliphatic rings. The summed E-state index contributed by atoms with van der Waals surface area (Å²) in [5.41, 5.74) is 7.87. The van der Waals surface area contributed by atoms with Crippen LogP contribution in [0.25, 0.3) is 55.5 Å². The number of hydrogen-bond acceptors (Lipinski definition) is 5. The molecule has 1 radical (unpaired) electrons. The molecule has 0 atom stereocenters. The molecule has 0 saturated heterocycles. The number of furan rings is 2. The molecule has 0 aliphatic carbocycles. The number of carbonyl (C=O) groups is 1. The topological polar surface area (TPSA) is 76.5 Å². The molecule has 6 aromatic rings. The molecule has 42 heavy (non-hydrogen) atoms. The number of ketones is 1. The molecule has 0 bridgehead atoms. The number of aromatic nitrogens is 1. The van der Waals surface area contributed by atoms with Gasteiger partial charge in [0, 0.05) is 48.7 Å². The number of pyridine rings is 1.